The van der Waals surface area contributed by atoms with Crippen molar-refractivity contribution >= 4 is 165 Å². The third-order valence-corrected chi connectivity index (χ3v) is 60.1. The van der Waals surface area contributed by atoms with Gasteiger partial charge in [0.1, 0.15) is 0 Å². The number of hydrogen-bond acceptors (Lipinski definition) is 20. The Bertz CT molecular complexity index is 1060. The van der Waals surface area contributed by atoms with Gasteiger partial charge in [0, 0.05) is 48.4 Å². The Morgan fingerprint density at radius 2 is 0.279 bits per heavy atom. The van der Waals surface area contributed by atoms with Crippen molar-refractivity contribution in [3.8, 4) is 0 Å². The third kappa shape index (κ3) is 19.2. The van der Waals surface area contributed by atoms with Crippen molar-refractivity contribution in [3.63, 3.8) is 0 Å². The number of thioether (sulfide) groups is 8. The van der Waals surface area contributed by atoms with E-state index in [-0.39, 0.29) is 0 Å². The topological polar surface area (TPSA) is 111 Å². The van der Waals surface area contributed by atoms with Crippen LogP contribution in [0.25, 0.3) is 0 Å². The Kier molecular flexibility index (Phi) is 29.8. The summed E-state index contributed by atoms with van der Waals surface area (Å²) in [5.41, 5.74) is 0. The van der Waals surface area contributed by atoms with E-state index in [2.05, 4.69) is 55.4 Å². The standard InChI is InChI=1S/C40H88O12S8Si8/c1-9-17-53-25-33-61-41-62(34-26-54-18-10-2)44-65(37-29-57-21-13-5)46-63(42-61,35-27-55-19-11-3)48-67(39-31-59-23-15-7)49-64(43-61,36-28-56-20-12-4)47-66(45-62,38-30-58-22-14-6)51-68(50-65,52-67)40-32-60-24-16-8/h9-40H2,1-8H3. The molecule has 0 aliphatic carbocycles. The summed E-state index contributed by atoms with van der Waals surface area (Å²) < 4.78 is 96.8. The predicted molar refractivity (Wildman–Crippen MR) is 318 cm³/mol. The molecule has 0 aromatic rings. The maximum atomic E-state index is 8.07. The molecule has 6 rings (SSSR count). The molecule has 0 amide bonds. The zero-order chi connectivity index (χ0) is 48.8. The quantitative estimate of drug-likeness (QED) is 0.0428. The van der Waals surface area contributed by atoms with Gasteiger partial charge in [0.05, 0.1) is 0 Å². The lowest BCUT2D eigenvalue weighted by Gasteiger charge is -2.63. The lowest BCUT2D eigenvalue weighted by molar-refractivity contribution is -0.0279. The average Bonchev–Trinajstić information content (AvgIpc) is 3.28. The minimum Gasteiger partial charge on any atom is -0.373 e. The van der Waals surface area contributed by atoms with Crippen molar-refractivity contribution in [3.05, 3.63) is 0 Å². The monoisotopic (exact) mass is 1240 g/mol. The van der Waals surface area contributed by atoms with E-state index in [0.717, 1.165) is 143 Å². The Hall–Kier alpha value is 4.06. The largest absolute Gasteiger partial charge is 0.479 e. The Morgan fingerprint density at radius 3 is 0.368 bits per heavy atom. The van der Waals surface area contributed by atoms with E-state index >= 15 is 0 Å². The molecule has 6 fully saturated rings. The number of rotatable bonds is 40. The molecule has 0 N–H and O–H groups in total. The van der Waals surface area contributed by atoms with Gasteiger partial charge in [-0.15, -0.1) is 0 Å². The molecular formula is C40H88O12S8Si8. The van der Waals surface area contributed by atoms with Gasteiger partial charge in [-0.25, -0.2) is 0 Å². The SMILES string of the molecule is CCCSCC[Si]12O[Si]3(CCSCCC)O[Si]4(CCSCCC)O[Si](CCSCCC)(O1)O[Si]1(CCSCCC)O[Si](CCSCCC)(O2)O[Si](CCSCCC)(O3)O[Si](CCSCCC)(O4)O1. The molecule has 68 heavy (non-hydrogen) atoms. The van der Waals surface area contributed by atoms with Crippen LogP contribution in [-0.2, 0) is 49.4 Å². The van der Waals surface area contributed by atoms with E-state index in [9.17, 15) is 0 Å². The molecular weight excluding hydrogens is 1150 g/mol. The summed E-state index contributed by atoms with van der Waals surface area (Å²) in [5, 5.41) is 0. The minimum atomic E-state index is -3.93. The average molecular weight is 1240 g/mol. The molecule has 0 unspecified atom stereocenters. The van der Waals surface area contributed by atoms with Crippen LogP contribution in [0.2, 0.25) is 48.4 Å². The van der Waals surface area contributed by atoms with Gasteiger partial charge in [0.25, 0.3) is 0 Å². The fraction of sp³-hybridized carbons (Fsp3) is 1.00. The highest BCUT2D eigenvalue weighted by atomic mass is 32.2. The molecule has 0 saturated carbocycles. The van der Waals surface area contributed by atoms with Gasteiger partial charge in [-0.1, -0.05) is 55.4 Å². The van der Waals surface area contributed by atoms with Crippen molar-refractivity contribution in [1.29, 1.82) is 0 Å². The van der Waals surface area contributed by atoms with Gasteiger partial charge in [-0.2, -0.15) is 94.1 Å². The highest BCUT2D eigenvalue weighted by Gasteiger charge is 2.83. The molecule has 6 heterocycles. The van der Waals surface area contributed by atoms with Crippen LogP contribution in [0.4, 0.5) is 0 Å². The van der Waals surface area contributed by atoms with E-state index in [1.54, 1.807) is 0 Å². The maximum Gasteiger partial charge on any atom is 0.479 e. The van der Waals surface area contributed by atoms with Gasteiger partial charge in [-0.3, -0.25) is 0 Å². The summed E-state index contributed by atoms with van der Waals surface area (Å²) in [4.78, 5) is 0. The molecule has 12 nitrogen and oxygen atoms in total. The summed E-state index contributed by atoms with van der Waals surface area (Å²) in [6.07, 6.45) is 8.62. The Labute approximate surface area is 456 Å². The first-order valence-corrected chi connectivity index (χ1v) is 50.7. The van der Waals surface area contributed by atoms with E-state index < -0.39 is 70.4 Å². The zero-order valence-corrected chi connectivity index (χ0v) is 57.3. The van der Waals surface area contributed by atoms with Gasteiger partial charge in [0.2, 0.25) is 0 Å². The molecule has 8 bridgehead atoms. The van der Waals surface area contributed by atoms with E-state index in [1.807, 2.05) is 94.1 Å². The van der Waals surface area contributed by atoms with Crippen molar-refractivity contribution in [2.75, 3.05) is 92.0 Å². The van der Waals surface area contributed by atoms with Crippen molar-refractivity contribution in [1.82, 2.24) is 0 Å². The lowest BCUT2D eigenvalue weighted by Crippen LogP contribution is -2.88. The van der Waals surface area contributed by atoms with Crippen LogP contribution in [0.3, 0.4) is 0 Å². The molecule has 400 valence electrons. The van der Waals surface area contributed by atoms with E-state index in [4.69, 9.17) is 49.4 Å². The van der Waals surface area contributed by atoms with Crippen LogP contribution in [-0.4, -0.2) is 162 Å². The molecule has 0 radical (unpaired) electrons. The first-order chi connectivity index (χ1) is 33.0. The smallest absolute Gasteiger partial charge is 0.373 e. The first-order valence-electron chi connectivity index (χ1n) is 26.0. The van der Waals surface area contributed by atoms with Crippen molar-refractivity contribution in [2.45, 2.75) is 155 Å². The minimum absolute atomic E-state index is 0.549. The normalized spacial score (nSPS) is 34.2. The van der Waals surface area contributed by atoms with Crippen LogP contribution in [0.1, 0.15) is 107 Å². The fourth-order valence-electron chi connectivity index (χ4n) is 8.12. The van der Waals surface area contributed by atoms with Crippen molar-refractivity contribution in [2.24, 2.45) is 0 Å². The Morgan fingerprint density at radius 1 is 0.176 bits per heavy atom. The summed E-state index contributed by atoms with van der Waals surface area (Å²) in [5.74, 6) is 14.5. The van der Waals surface area contributed by atoms with Crippen LogP contribution >= 0.6 is 94.1 Å². The summed E-state index contributed by atoms with van der Waals surface area (Å²) >= 11 is 15.4. The second-order valence-corrected chi connectivity index (χ2v) is 52.1. The van der Waals surface area contributed by atoms with Crippen LogP contribution < -0.4 is 0 Å². The van der Waals surface area contributed by atoms with Crippen molar-refractivity contribution < 1.29 is 49.4 Å². The highest BCUT2D eigenvalue weighted by Crippen LogP contribution is 2.54. The fourth-order valence-corrected chi connectivity index (χ4v) is 70.2. The van der Waals surface area contributed by atoms with Crippen LogP contribution in [0, 0.1) is 0 Å². The number of hydrogen-bond donors (Lipinski definition) is 0. The van der Waals surface area contributed by atoms with Gasteiger partial charge in [0.15, 0.2) is 0 Å². The first kappa shape index (κ1) is 62.9. The highest BCUT2D eigenvalue weighted by molar-refractivity contribution is 8.00. The van der Waals surface area contributed by atoms with Gasteiger partial charge < -0.3 is 49.4 Å². The van der Waals surface area contributed by atoms with Crippen LogP contribution in [0.15, 0.2) is 0 Å². The molecule has 0 aromatic heterocycles. The zero-order valence-electron chi connectivity index (χ0n) is 42.8. The molecule has 6 saturated heterocycles. The van der Waals surface area contributed by atoms with E-state index in [0.29, 0.717) is 48.4 Å². The van der Waals surface area contributed by atoms with Gasteiger partial charge >= 0.3 is 70.4 Å². The van der Waals surface area contributed by atoms with Crippen LogP contribution in [0.5, 0.6) is 0 Å². The molecule has 0 atom stereocenters. The third-order valence-electron chi connectivity index (χ3n) is 10.9. The summed E-state index contributed by atoms with van der Waals surface area (Å²) in [7, 11) is -31.4. The molecule has 0 spiro atoms. The second kappa shape index (κ2) is 32.2. The predicted octanol–water partition coefficient (Wildman–Crippen LogP) is 12.9. The molecule has 6 aliphatic heterocycles. The van der Waals surface area contributed by atoms with E-state index in [1.165, 1.54) is 0 Å². The van der Waals surface area contributed by atoms with Gasteiger partial charge in [-0.05, 0) is 143 Å². The summed E-state index contributed by atoms with van der Waals surface area (Å²) in [6, 6.07) is 4.39. The second-order valence-electron chi connectivity index (χ2n) is 17.6. The molecule has 0 aromatic carbocycles. The molecule has 6 aliphatic rings. The summed E-state index contributed by atoms with van der Waals surface area (Å²) in [6.45, 7) is 17.9. The Balaban J connectivity index is 1.86. The maximum absolute atomic E-state index is 8.07. The molecule has 28 heteroatoms. The lowest BCUT2D eigenvalue weighted by atomic mass is 10.6.